The predicted molar refractivity (Wildman–Crippen MR) is 56.6 cm³/mol. The van der Waals surface area contributed by atoms with Gasteiger partial charge in [0, 0.05) is 5.69 Å². The Labute approximate surface area is 87.5 Å². The summed E-state index contributed by atoms with van der Waals surface area (Å²) in [4.78, 5) is 11.5. The summed E-state index contributed by atoms with van der Waals surface area (Å²) in [5.41, 5.74) is 5.80. The molecule has 1 amide bonds. The molecule has 1 atom stereocenters. The van der Waals surface area contributed by atoms with Crippen LogP contribution in [-0.4, -0.2) is 11.9 Å². The molecule has 3 N–H and O–H groups in total. The number of hydrogen-bond donors (Lipinski definition) is 2. The first-order valence-electron chi connectivity index (χ1n) is 4.36. The Morgan fingerprint density at radius 1 is 1.67 bits per heavy atom. The highest BCUT2D eigenvalue weighted by Crippen LogP contribution is 2.13. The van der Waals surface area contributed by atoms with Gasteiger partial charge in [-0.3, -0.25) is 4.79 Å². The summed E-state index contributed by atoms with van der Waals surface area (Å²) < 4.78 is 12.7. The first-order chi connectivity index (χ1) is 7.04. The van der Waals surface area contributed by atoms with Crippen LogP contribution in [0, 0.1) is 18.2 Å². The van der Waals surface area contributed by atoms with Crippen molar-refractivity contribution in [2.45, 2.75) is 13.0 Å². The second-order valence-electron chi connectivity index (χ2n) is 3.09. The van der Waals surface area contributed by atoms with Crippen LogP contribution >= 0.6 is 0 Å². The van der Waals surface area contributed by atoms with E-state index in [0.717, 1.165) is 6.07 Å². The highest BCUT2D eigenvalue weighted by Gasteiger charge is 2.11. The van der Waals surface area contributed by atoms with Crippen molar-refractivity contribution in [2.75, 3.05) is 5.73 Å². The summed E-state index contributed by atoms with van der Waals surface area (Å²) in [6.07, 6.45) is 5.10. The van der Waals surface area contributed by atoms with E-state index in [1.807, 2.05) is 0 Å². The van der Waals surface area contributed by atoms with Gasteiger partial charge in [0.15, 0.2) is 0 Å². The fourth-order valence-electron chi connectivity index (χ4n) is 1.06. The van der Waals surface area contributed by atoms with Gasteiger partial charge in [-0.15, -0.1) is 6.42 Å². The van der Waals surface area contributed by atoms with Crippen molar-refractivity contribution in [3.63, 3.8) is 0 Å². The van der Waals surface area contributed by atoms with Gasteiger partial charge in [0.1, 0.15) is 5.82 Å². The molecule has 0 aromatic heterocycles. The molecule has 0 saturated heterocycles. The number of benzene rings is 1. The Balaban J connectivity index is 2.88. The first kappa shape index (κ1) is 11.1. The Kier molecular flexibility index (Phi) is 3.29. The van der Waals surface area contributed by atoms with Crippen LogP contribution in [0.25, 0.3) is 0 Å². The normalized spacial score (nSPS) is 11.5. The molecule has 1 unspecified atom stereocenters. The number of amides is 1. The van der Waals surface area contributed by atoms with Crippen LogP contribution in [0.1, 0.15) is 17.3 Å². The topological polar surface area (TPSA) is 55.1 Å². The number of nitrogens with one attached hydrogen (secondary N) is 1. The van der Waals surface area contributed by atoms with Crippen molar-refractivity contribution in [1.29, 1.82) is 0 Å². The number of carbonyl (C=O) groups is 1. The number of terminal acetylenes is 1. The van der Waals surface area contributed by atoms with E-state index in [1.54, 1.807) is 6.92 Å². The van der Waals surface area contributed by atoms with Gasteiger partial charge in [-0.05, 0) is 25.1 Å². The molecule has 0 bridgehead atoms. The van der Waals surface area contributed by atoms with Gasteiger partial charge in [-0.1, -0.05) is 5.92 Å². The van der Waals surface area contributed by atoms with Gasteiger partial charge in [0.2, 0.25) is 0 Å². The molecule has 1 rings (SSSR count). The molecule has 0 aliphatic carbocycles. The monoisotopic (exact) mass is 206 g/mol. The van der Waals surface area contributed by atoms with Crippen molar-refractivity contribution < 1.29 is 9.18 Å². The second kappa shape index (κ2) is 4.47. The molecule has 78 valence electrons. The fraction of sp³-hybridized carbons (Fsp3) is 0.182. The fourth-order valence-corrected chi connectivity index (χ4v) is 1.06. The Morgan fingerprint density at radius 3 is 2.87 bits per heavy atom. The Morgan fingerprint density at radius 2 is 2.33 bits per heavy atom. The lowest BCUT2D eigenvalue weighted by Crippen LogP contribution is -2.31. The predicted octanol–water partition coefficient (Wildman–Crippen LogP) is 1.16. The van der Waals surface area contributed by atoms with Crippen LogP contribution in [-0.2, 0) is 0 Å². The molecule has 0 spiro atoms. The molecule has 4 heteroatoms. The minimum atomic E-state index is -0.478. The Bertz CT molecular complexity index is 423. The lowest BCUT2D eigenvalue weighted by Gasteiger charge is -2.09. The van der Waals surface area contributed by atoms with E-state index in [1.165, 1.54) is 12.1 Å². The van der Waals surface area contributed by atoms with Crippen molar-refractivity contribution in [3.05, 3.63) is 29.6 Å². The van der Waals surface area contributed by atoms with Crippen LogP contribution in [0.3, 0.4) is 0 Å². The van der Waals surface area contributed by atoms with Crippen LogP contribution < -0.4 is 11.1 Å². The van der Waals surface area contributed by atoms with Gasteiger partial charge >= 0.3 is 0 Å². The lowest BCUT2D eigenvalue weighted by molar-refractivity contribution is 0.0949. The van der Waals surface area contributed by atoms with E-state index in [4.69, 9.17) is 12.2 Å². The van der Waals surface area contributed by atoms with E-state index >= 15 is 0 Å². The highest BCUT2D eigenvalue weighted by molar-refractivity contribution is 5.99. The number of anilines is 1. The van der Waals surface area contributed by atoms with E-state index in [0.29, 0.717) is 0 Å². The van der Waals surface area contributed by atoms with Gasteiger partial charge in [-0.2, -0.15) is 0 Å². The smallest absolute Gasteiger partial charge is 0.254 e. The van der Waals surface area contributed by atoms with Crippen molar-refractivity contribution in [1.82, 2.24) is 5.32 Å². The van der Waals surface area contributed by atoms with E-state index < -0.39 is 11.7 Å². The average Bonchev–Trinajstić information content (AvgIpc) is 2.17. The number of hydrogen-bond acceptors (Lipinski definition) is 2. The number of rotatable bonds is 2. The van der Waals surface area contributed by atoms with Crippen LogP contribution in [0.15, 0.2) is 18.2 Å². The van der Waals surface area contributed by atoms with Crippen LogP contribution in [0.2, 0.25) is 0 Å². The molecule has 0 heterocycles. The van der Waals surface area contributed by atoms with Crippen LogP contribution in [0.5, 0.6) is 0 Å². The lowest BCUT2D eigenvalue weighted by atomic mass is 10.1. The number of halogens is 1. The third-order valence-electron chi connectivity index (χ3n) is 1.86. The third-order valence-corrected chi connectivity index (χ3v) is 1.86. The van der Waals surface area contributed by atoms with Gasteiger partial charge < -0.3 is 11.1 Å². The molecule has 1 aromatic carbocycles. The van der Waals surface area contributed by atoms with E-state index in [9.17, 15) is 9.18 Å². The summed E-state index contributed by atoms with van der Waals surface area (Å²) in [7, 11) is 0. The first-order valence-corrected chi connectivity index (χ1v) is 4.36. The van der Waals surface area contributed by atoms with E-state index in [2.05, 4.69) is 11.2 Å². The largest absolute Gasteiger partial charge is 0.398 e. The van der Waals surface area contributed by atoms with Crippen molar-refractivity contribution >= 4 is 11.6 Å². The van der Waals surface area contributed by atoms with Crippen molar-refractivity contribution in [3.8, 4) is 12.3 Å². The maximum atomic E-state index is 12.7. The Hall–Kier alpha value is -2.02. The standard InChI is InChI=1S/C11H11FN2O/c1-3-7(2)14-11(15)9-5-4-8(12)6-10(9)13/h1,4-7H,13H2,2H3,(H,14,15). The quantitative estimate of drug-likeness (QED) is 0.563. The maximum Gasteiger partial charge on any atom is 0.254 e. The molecular formula is C11H11FN2O. The summed E-state index contributed by atoms with van der Waals surface area (Å²) in [6, 6.07) is 3.20. The molecule has 0 saturated carbocycles. The molecular weight excluding hydrogens is 195 g/mol. The third kappa shape index (κ3) is 2.71. The van der Waals surface area contributed by atoms with Crippen LogP contribution in [0.4, 0.5) is 10.1 Å². The highest BCUT2D eigenvalue weighted by atomic mass is 19.1. The molecule has 0 aliphatic heterocycles. The molecule has 1 aromatic rings. The van der Waals surface area contributed by atoms with Gasteiger partial charge in [0.25, 0.3) is 5.91 Å². The summed E-state index contributed by atoms with van der Waals surface area (Å²) >= 11 is 0. The molecule has 0 radical (unpaired) electrons. The van der Waals surface area contributed by atoms with E-state index in [-0.39, 0.29) is 17.3 Å². The van der Waals surface area contributed by atoms with Gasteiger partial charge in [0.05, 0.1) is 11.6 Å². The number of nitrogen functional groups attached to an aromatic ring is 1. The zero-order valence-corrected chi connectivity index (χ0v) is 8.25. The minimum absolute atomic E-state index is 0.0942. The summed E-state index contributed by atoms with van der Waals surface area (Å²) in [6.45, 7) is 1.66. The number of carbonyl (C=O) groups excluding carboxylic acids is 1. The summed E-state index contributed by atoms with van der Waals surface area (Å²) in [5.74, 6) is 1.47. The SMILES string of the molecule is C#CC(C)NC(=O)c1ccc(F)cc1N. The molecule has 15 heavy (non-hydrogen) atoms. The summed E-state index contributed by atoms with van der Waals surface area (Å²) in [5, 5.41) is 2.53. The zero-order valence-electron chi connectivity index (χ0n) is 8.25. The average molecular weight is 206 g/mol. The molecule has 0 aliphatic rings. The van der Waals surface area contributed by atoms with Gasteiger partial charge in [-0.25, -0.2) is 4.39 Å². The molecule has 0 fully saturated rings. The van der Waals surface area contributed by atoms with Crippen molar-refractivity contribution in [2.24, 2.45) is 0 Å². The number of nitrogens with two attached hydrogens (primary N) is 1. The molecule has 3 nitrogen and oxygen atoms in total. The minimum Gasteiger partial charge on any atom is -0.398 e. The maximum absolute atomic E-state index is 12.7. The second-order valence-corrected chi connectivity index (χ2v) is 3.09. The zero-order chi connectivity index (χ0) is 11.4.